The number of benzene rings is 1. The van der Waals surface area contributed by atoms with Gasteiger partial charge in [-0.25, -0.2) is 0 Å². The van der Waals surface area contributed by atoms with Crippen LogP contribution in [-0.4, -0.2) is 29.3 Å². The third-order valence-electron chi connectivity index (χ3n) is 3.00. The number of hydrogen-bond donors (Lipinski definition) is 1. The van der Waals surface area contributed by atoms with Gasteiger partial charge in [0.2, 0.25) is 11.8 Å². The molecule has 0 bridgehead atoms. The van der Waals surface area contributed by atoms with E-state index >= 15 is 0 Å². The number of nitrogens with one attached hydrogen (secondary N) is 1. The van der Waals surface area contributed by atoms with E-state index in [-0.39, 0.29) is 24.4 Å². The zero-order valence-electron chi connectivity index (χ0n) is 12.3. The van der Waals surface area contributed by atoms with Gasteiger partial charge in [0, 0.05) is 18.7 Å². The van der Waals surface area contributed by atoms with Crippen LogP contribution in [0.3, 0.4) is 0 Å². The summed E-state index contributed by atoms with van der Waals surface area (Å²) in [6.45, 7) is 9.31. The maximum Gasteiger partial charge on any atom is 0.244 e. The molecular weight excluding hydrogens is 240 g/mol. The van der Waals surface area contributed by atoms with Gasteiger partial charge in [-0.2, -0.15) is 0 Å². The van der Waals surface area contributed by atoms with Crippen molar-refractivity contribution in [1.82, 2.24) is 4.90 Å². The van der Waals surface area contributed by atoms with Crippen LogP contribution in [0.25, 0.3) is 0 Å². The highest BCUT2D eigenvalue weighted by Gasteiger charge is 2.16. The van der Waals surface area contributed by atoms with Crippen LogP contribution in [0.1, 0.15) is 31.9 Å². The third kappa shape index (κ3) is 4.39. The summed E-state index contributed by atoms with van der Waals surface area (Å²) in [6, 6.07) is 5.87. The van der Waals surface area contributed by atoms with E-state index in [1.165, 1.54) is 6.92 Å². The molecule has 1 N–H and O–H groups in total. The molecule has 0 heterocycles. The van der Waals surface area contributed by atoms with Gasteiger partial charge in [-0.1, -0.05) is 17.7 Å². The average molecular weight is 262 g/mol. The quantitative estimate of drug-likeness (QED) is 0.906. The minimum atomic E-state index is -0.171. The number of aryl methyl sites for hydroxylation is 2. The van der Waals surface area contributed by atoms with Gasteiger partial charge >= 0.3 is 0 Å². The van der Waals surface area contributed by atoms with E-state index < -0.39 is 0 Å². The molecule has 1 rings (SSSR count). The van der Waals surface area contributed by atoms with Gasteiger partial charge in [0.05, 0.1) is 0 Å². The van der Waals surface area contributed by atoms with Crippen molar-refractivity contribution >= 4 is 17.5 Å². The average Bonchev–Trinajstić information content (AvgIpc) is 2.29. The summed E-state index contributed by atoms with van der Waals surface area (Å²) in [6.07, 6.45) is 0. The molecule has 0 aliphatic heterocycles. The van der Waals surface area contributed by atoms with Crippen molar-refractivity contribution in [3.05, 3.63) is 29.3 Å². The second-order valence-electron chi connectivity index (χ2n) is 5.11. The first-order valence-electron chi connectivity index (χ1n) is 6.45. The van der Waals surface area contributed by atoms with Crippen LogP contribution in [0, 0.1) is 13.8 Å². The molecule has 0 unspecified atom stereocenters. The number of anilines is 1. The predicted octanol–water partition coefficient (Wildman–Crippen LogP) is 2.50. The van der Waals surface area contributed by atoms with Gasteiger partial charge in [-0.05, 0) is 39.3 Å². The van der Waals surface area contributed by atoms with Crippen molar-refractivity contribution in [3.63, 3.8) is 0 Å². The summed E-state index contributed by atoms with van der Waals surface area (Å²) in [4.78, 5) is 24.9. The van der Waals surface area contributed by atoms with Crippen LogP contribution in [0.15, 0.2) is 18.2 Å². The summed E-state index contributed by atoms with van der Waals surface area (Å²) in [5.74, 6) is -0.262. The summed E-state index contributed by atoms with van der Waals surface area (Å²) in [5, 5.41) is 2.84. The molecule has 0 radical (unpaired) electrons. The normalized spacial score (nSPS) is 10.4. The van der Waals surface area contributed by atoms with Crippen LogP contribution < -0.4 is 5.32 Å². The number of hydrogen-bond acceptors (Lipinski definition) is 2. The van der Waals surface area contributed by atoms with E-state index in [9.17, 15) is 9.59 Å². The Kier molecular flexibility index (Phi) is 5.10. The molecule has 1 aromatic carbocycles. The summed E-state index contributed by atoms with van der Waals surface area (Å²) in [7, 11) is 0. The molecule has 0 aliphatic rings. The lowest BCUT2D eigenvalue weighted by atomic mass is 10.1. The fourth-order valence-electron chi connectivity index (χ4n) is 1.96. The molecule has 0 fully saturated rings. The van der Waals surface area contributed by atoms with Crippen molar-refractivity contribution in [3.8, 4) is 0 Å². The van der Waals surface area contributed by atoms with Gasteiger partial charge < -0.3 is 10.2 Å². The van der Waals surface area contributed by atoms with Crippen molar-refractivity contribution in [1.29, 1.82) is 0 Å². The Hall–Kier alpha value is -1.84. The van der Waals surface area contributed by atoms with E-state index in [1.54, 1.807) is 4.90 Å². The minimum absolute atomic E-state index is 0.0161. The molecule has 2 amide bonds. The predicted molar refractivity (Wildman–Crippen MR) is 77.1 cm³/mol. The maximum absolute atomic E-state index is 12.0. The first-order chi connectivity index (χ1) is 8.81. The number of carbonyl (C=O) groups excluding carboxylic acids is 2. The highest BCUT2D eigenvalue weighted by atomic mass is 16.2. The Balaban J connectivity index is 2.72. The second kappa shape index (κ2) is 6.36. The fourth-order valence-corrected chi connectivity index (χ4v) is 1.96. The van der Waals surface area contributed by atoms with E-state index in [1.807, 2.05) is 45.9 Å². The van der Waals surface area contributed by atoms with Gasteiger partial charge in [0.1, 0.15) is 6.54 Å². The van der Waals surface area contributed by atoms with Gasteiger partial charge in [-0.3, -0.25) is 9.59 Å². The molecule has 0 spiro atoms. The molecule has 0 aromatic heterocycles. The molecule has 0 saturated carbocycles. The van der Waals surface area contributed by atoms with Crippen molar-refractivity contribution in [2.75, 3.05) is 11.9 Å². The monoisotopic (exact) mass is 262 g/mol. The van der Waals surface area contributed by atoms with Crippen molar-refractivity contribution in [2.24, 2.45) is 0 Å². The molecule has 1 aromatic rings. The number of rotatable bonds is 4. The Morgan fingerprint density at radius 3 is 2.37 bits per heavy atom. The molecule has 0 aliphatic carbocycles. The Labute approximate surface area is 114 Å². The van der Waals surface area contributed by atoms with Crippen LogP contribution in [0.2, 0.25) is 0 Å². The van der Waals surface area contributed by atoms with Gasteiger partial charge in [-0.15, -0.1) is 0 Å². The Morgan fingerprint density at radius 1 is 1.26 bits per heavy atom. The summed E-state index contributed by atoms with van der Waals surface area (Å²) in [5.41, 5.74) is 2.97. The number of amides is 2. The molecule has 0 saturated heterocycles. The zero-order valence-corrected chi connectivity index (χ0v) is 12.3. The van der Waals surface area contributed by atoms with E-state index in [4.69, 9.17) is 0 Å². The summed E-state index contributed by atoms with van der Waals surface area (Å²) < 4.78 is 0. The largest absolute Gasteiger partial charge is 0.331 e. The van der Waals surface area contributed by atoms with Crippen molar-refractivity contribution < 1.29 is 9.59 Å². The molecule has 4 nitrogen and oxygen atoms in total. The molecular formula is C15H22N2O2. The lowest BCUT2D eigenvalue weighted by Crippen LogP contribution is -2.41. The lowest BCUT2D eigenvalue weighted by Gasteiger charge is -2.24. The first-order valence-corrected chi connectivity index (χ1v) is 6.45. The van der Waals surface area contributed by atoms with Crippen LogP contribution in [-0.2, 0) is 9.59 Å². The minimum Gasteiger partial charge on any atom is -0.331 e. The lowest BCUT2D eigenvalue weighted by molar-refractivity contribution is -0.134. The highest BCUT2D eigenvalue weighted by Crippen LogP contribution is 2.16. The molecule has 0 atom stereocenters. The van der Waals surface area contributed by atoms with Crippen molar-refractivity contribution in [2.45, 2.75) is 40.7 Å². The summed E-state index contributed by atoms with van der Waals surface area (Å²) >= 11 is 0. The third-order valence-corrected chi connectivity index (χ3v) is 3.00. The standard InChI is InChI=1S/C15H22N2O2/c1-10(2)17(13(5)18)9-15(19)16-14-7-6-11(3)8-12(14)4/h6-8,10H,9H2,1-5H3,(H,16,19). The Morgan fingerprint density at radius 2 is 1.89 bits per heavy atom. The molecule has 19 heavy (non-hydrogen) atoms. The smallest absolute Gasteiger partial charge is 0.244 e. The zero-order chi connectivity index (χ0) is 14.6. The van der Waals surface area contributed by atoms with Gasteiger partial charge in [0.15, 0.2) is 0 Å². The first kappa shape index (κ1) is 15.2. The van der Waals surface area contributed by atoms with Crippen LogP contribution >= 0.6 is 0 Å². The molecule has 104 valence electrons. The van der Waals surface area contributed by atoms with Crippen LogP contribution in [0.5, 0.6) is 0 Å². The number of nitrogens with zero attached hydrogens (tertiary/aromatic N) is 1. The van der Waals surface area contributed by atoms with Gasteiger partial charge in [0.25, 0.3) is 0 Å². The SMILES string of the molecule is CC(=O)N(CC(=O)Nc1ccc(C)cc1C)C(C)C. The topological polar surface area (TPSA) is 49.4 Å². The second-order valence-corrected chi connectivity index (χ2v) is 5.11. The highest BCUT2D eigenvalue weighted by molar-refractivity contribution is 5.94. The molecule has 4 heteroatoms. The Bertz CT molecular complexity index is 481. The van der Waals surface area contributed by atoms with E-state index in [2.05, 4.69) is 5.32 Å². The van der Waals surface area contributed by atoms with Crippen LogP contribution in [0.4, 0.5) is 5.69 Å². The number of carbonyl (C=O) groups is 2. The fraction of sp³-hybridized carbons (Fsp3) is 0.467. The van der Waals surface area contributed by atoms with E-state index in [0.717, 1.165) is 16.8 Å². The van der Waals surface area contributed by atoms with E-state index in [0.29, 0.717) is 0 Å². The maximum atomic E-state index is 12.0.